The van der Waals surface area contributed by atoms with Crippen molar-refractivity contribution in [1.82, 2.24) is 0 Å². The molecule has 0 amide bonds. The monoisotopic (exact) mass is 252 g/mol. The Balaban J connectivity index is 3.12. The number of hydrogen-bond acceptors (Lipinski definition) is 3. The SMILES string of the molecule is O=Cc1ccc(OC(F)(F)F)cc1C(=O)Cl. The van der Waals surface area contributed by atoms with Crippen molar-refractivity contribution in [2.45, 2.75) is 6.36 Å². The molecule has 0 heterocycles. The minimum absolute atomic E-state index is 0.102. The number of halogens is 4. The molecule has 1 rings (SSSR count). The molecule has 16 heavy (non-hydrogen) atoms. The van der Waals surface area contributed by atoms with Crippen molar-refractivity contribution in [3.05, 3.63) is 29.3 Å². The van der Waals surface area contributed by atoms with Crippen molar-refractivity contribution >= 4 is 23.1 Å². The minimum atomic E-state index is -4.87. The smallest absolute Gasteiger partial charge is 0.406 e. The lowest BCUT2D eigenvalue weighted by atomic mass is 10.1. The third-order valence-electron chi connectivity index (χ3n) is 1.60. The van der Waals surface area contributed by atoms with Gasteiger partial charge in [-0.25, -0.2) is 0 Å². The van der Waals surface area contributed by atoms with Crippen molar-refractivity contribution in [2.24, 2.45) is 0 Å². The third-order valence-corrected chi connectivity index (χ3v) is 1.80. The van der Waals surface area contributed by atoms with E-state index in [9.17, 15) is 22.8 Å². The zero-order chi connectivity index (χ0) is 12.3. The Hall–Kier alpha value is -1.56. The van der Waals surface area contributed by atoms with Gasteiger partial charge in [-0.3, -0.25) is 9.59 Å². The molecule has 0 aromatic heterocycles. The van der Waals surface area contributed by atoms with Gasteiger partial charge in [0.2, 0.25) is 0 Å². The second-order valence-electron chi connectivity index (χ2n) is 2.69. The van der Waals surface area contributed by atoms with Crippen LogP contribution in [0.15, 0.2) is 18.2 Å². The number of carbonyl (C=O) groups is 2. The molecule has 0 aliphatic carbocycles. The van der Waals surface area contributed by atoms with Gasteiger partial charge in [0.05, 0.1) is 0 Å². The lowest BCUT2D eigenvalue weighted by Crippen LogP contribution is -2.17. The van der Waals surface area contributed by atoms with Crippen LogP contribution in [0.2, 0.25) is 0 Å². The number of carbonyl (C=O) groups excluding carboxylic acids is 2. The molecule has 0 unspecified atom stereocenters. The van der Waals surface area contributed by atoms with Gasteiger partial charge in [-0.1, -0.05) is 0 Å². The molecule has 0 aliphatic heterocycles. The fraction of sp³-hybridized carbons (Fsp3) is 0.111. The molecule has 0 spiro atoms. The van der Waals surface area contributed by atoms with Crippen molar-refractivity contribution in [2.75, 3.05) is 0 Å². The topological polar surface area (TPSA) is 43.4 Å². The highest BCUT2D eigenvalue weighted by Gasteiger charge is 2.31. The van der Waals surface area contributed by atoms with E-state index in [0.29, 0.717) is 6.29 Å². The lowest BCUT2D eigenvalue weighted by molar-refractivity contribution is -0.274. The summed E-state index contributed by atoms with van der Waals surface area (Å²) in [4.78, 5) is 21.3. The Labute approximate surface area is 92.8 Å². The molecule has 0 bridgehead atoms. The van der Waals surface area contributed by atoms with Gasteiger partial charge < -0.3 is 4.74 Å². The molecule has 0 N–H and O–H groups in total. The highest BCUT2D eigenvalue weighted by molar-refractivity contribution is 6.68. The first-order valence-electron chi connectivity index (χ1n) is 3.88. The first kappa shape index (κ1) is 12.5. The molecule has 7 heteroatoms. The van der Waals surface area contributed by atoms with Gasteiger partial charge >= 0.3 is 6.36 Å². The van der Waals surface area contributed by atoms with E-state index in [-0.39, 0.29) is 11.1 Å². The van der Waals surface area contributed by atoms with E-state index in [1.54, 1.807) is 0 Å². The molecule has 0 aliphatic rings. The normalized spacial score (nSPS) is 11.0. The summed E-state index contributed by atoms with van der Waals surface area (Å²) in [5.74, 6) is -0.609. The van der Waals surface area contributed by atoms with Gasteiger partial charge in [0.25, 0.3) is 5.24 Å². The number of rotatable bonds is 3. The van der Waals surface area contributed by atoms with E-state index in [1.165, 1.54) is 0 Å². The van der Waals surface area contributed by atoms with Crippen molar-refractivity contribution < 1.29 is 27.5 Å². The molecule has 0 fully saturated rings. The van der Waals surface area contributed by atoms with Gasteiger partial charge in [0.1, 0.15) is 5.75 Å². The number of benzene rings is 1. The third kappa shape index (κ3) is 3.23. The van der Waals surface area contributed by atoms with Crippen LogP contribution in [0, 0.1) is 0 Å². The number of hydrogen-bond donors (Lipinski definition) is 0. The highest BCUT2D eigenvalue weighted by atomic mass is 35.5. The Morgan fingerprint density at radius 2 is 2.00 bits per heavy atom. The van der Waals surface area contributed by atoms with E-state index >= 15 is 0 Å². The molecule has 0 atom stereocenters. The average molecular weight is 253 g/mol. The van der Waals surface area contributed by atoms with Gasteiger partial charge in [-0.05, 0) is 29.8 Å². The van der Waals surface area contributed by atoms with Crippen LogP contribution in [0.25, 0.3) is 0 Å². The van der Waals surface area contributed by atoms with Crippen LogP contribution in [0.5, 0.6) is 5.75 Å². The quantitative estimate of drug-likeness (QED) is 0.614. The van der Waals surface area contributed by atoms with E-state index in [0.717, 1.165) is 18.2 Å². The zero-order valence-corrected chi connectivity index (χ0v) is 8.30. The maximum absolute atomic E-state index is 11.8. The standard InChI is InChI=1S/C9H4ClF3O3/c10-8(15)7-3-6(16-9(11,12)13)2-1-5(7)4-14/h1-4H. The second kappa shape index (κ2) is 4.52. The predicted octanol–water partition coefficient (Wildman–Crippen LogP) is 2.78. The molecular weight excluding hydrogens is 249 g/mol. The van der Waals surface area contributed by atoms with E-state index < -0.39 is 17.4 Å². The summed E-state index contributed by atoms with van der Waals surface area (Å²) < 4.78 is 39.1. The van der Waals surface area contributed by atoms with Crippen LogP contribution in [-0.2, 0) is 0 Å². The summed E-state index contributed by atoms with van der Waals surface area (Å²) in [6, 6.07) is 2.69. The van der Waals surface area contributed by atoms with Gasteiger partial charge in [0, 0.05) is 11.1 Å². The summed E-state index contributed by atoms with van der Waals surface area (Å²) in [7, 11) is 0. The summed E-state index contributed by atoms with van der Waals surface area (Å²) in [5.41, 5.74) is -0.437. The molecule has 1 aromatic carbocycles. The number of aldehydes is 1. The summed E-state index contributed by atoms with van der Waals surface area (Å²) >= 11 is 5.10. The molecule has 0 radical (unpaired) electrons. The molecule has 1 aromatic rings. The largest absolute Gasteiger partial charge is 0.573 e. The van der Waals surface area contributed by atoms with Crippen LogP contribution in [0.1, 0.15) is 20.7 Å². The Kier molecular flexibility index (Phi) is 3.54. The molecule has 0 saturated heterocycles. The molecule has 0 saturated carbocycles. The fourth-order valence-corrected chi connectivity index (χ4v) is 1.17. The number of alkyl halides is 3. The van der Waals surface area contributed by atoms with E-state index in [2.05, 4.69) is 4.74 Å². The van der Waals surface area contributed by atoms with Crippen molar-refractivity contribution in [1.29, 1.82) is 0 Å². The Morgan fingerprint density at radius 3 is 2.44 bits per heavy atom. The van der Waals surface area contributed by atoms with E-state index in [1.807, 2.05) is 0 Å². The molecule has 86 valence electrons. The van der Waals surface area contributed by atoms with Crippen LogP contribution in [-0.4, -0.2) is 17.9 Å². The maximum Gasteiger partial charge on any atom is 0.573 e. The lowest BCUT2D eigenvalue weighted by Gasteiger charge is -2.09. The van der Waals surface area contributed by atoms with Gasteiger partial charge in [-0.15, -0.1) is 13.2 Å². The average Bonchev–Trinajstić information content (AvgIpc) is 2.15. The number of ether oxygens (including phenoxy) is 1. The van der Waals surface area contributed by atoms with E-state index in [4.69, 9.17) is 11.6 Å². The molecule has 3 nitrogen and oxygen atoms in total. The first-order valence-corrected chi connectivity index (χ1v) is 4.26. The van der Waals surface area contributed by atoms with Crippen LogP contribution >= 0.6 is 11.6 Å². The maximum atomic E-state index is 11.8. The van der Waals surface area contributed by atoms with Gasteiger partial charge in [0.15, 0.2) is 6.29 Å². The summed E-state index contributed by atoms with van der Waals surface area (Å²) in [6.07, 6.45) is -4.55. The predicted molar refractivity (Wildman–Crippen MR) is 48.7 cm³/mol. The zero-order valence-electron chi connectivity index (χ0n) is 7.55. The van der Waals surface area contributed by atoms with Crippen LogP contribution in [0.4, 0.5) is 13.2 Å². The van der Waals surface area contributed by atoms with Crippen LogP contribution in [0.3, 0.4) is 0 Å². The minimum Gasteiger partial charge on any atom is -0.406 e. The summed E-state index contributed by atoms with van der Waals surface area (Å²) in [5, 5.41) is -1.03. The highest BCUT2D eigenvalue weighted by Crippen LogP contribution is 2.25. The van der Waals surface area contributed by atoms with Crippen molar-refractivity contribution in [3.8, 4) is 5.75 Å². The van der Waals surface area contributed by atoms with Gasteiger partial charge in [-0.2, -0.15) is 0 Å². The second-order valence-corrected chi connectivity index (χ2v) is 3.03. The van der Waals surface area contributed by atoms with Crippen LogP contribution < -0.4 is 4.74 Å². The first-order chi connectivity index (χ1) is 7.33. The molecular formula is C9H4ClF3O3. The fourth-order valence-electron chi connectivity index (χ4n) is 1.01. The Morgan fingerprint density at radius 1 is 1.38 bits per heavy atom. The van der Waals surface area contributed by atoms with Crippen molar-refractivity contribution in [3.63, 3.8) is 0 Å². The Bertz CT molecular complexity index is 428. The summed E-state index contributed by atoms with van der Waals surface area (Å²) in [6.45, 7) is 0.